The molecule has 6 unspecified atom stereocenters. The molecule has 2 aromatic rings. The zero-order valence-electron chi connectivity index (χ0n) is 16.5. The Bertz CT molecular complexity index is 1030. The minimum absolute atomic E-state index is 0.0205. The second-order valence-electron chi connectivity index (χ2n) is 8.96. The first-order valence-corrected chi connectivity index (χ1v) is 10.4. The minimum Gasteiger partial charge on any atom is -0.457 e. The topological polar surface area (TPSA) is 46.6 Å². The van der Waals surface area contributed by atoms with Crippen molar-refractivity contribution in [2.75, 3.05) is 4.90 Å². The van der Waals surface area contributed by atoms with Gasteiger partial charge in [0.2, 0.25) is 11.8 Å². The maximum absolute atomic E-state index is 13.2. The van der Waals surface area contributed by atoms with Gasteiger partial charge in [0.1, 0.15) is 11.5 Å². The fourth-order valence-electron chi connectivity index (χ4n) is 5.84. The summed E-state index contributed by atoms with van der Waals surface area (Å²) >= 11 is 0. The number of ether oxygens (including phenoxy) is 1. The molecule has 0 radical (unpaired) electrons. The van der Waals surface area contributed by atoms with Crippen molar-refractivity contribution in [2.24, 2.45) is 35.5 Å². The SMILES string of the molecule is Cc1cccc(Oc2ccc(N3C(=O)C4C5C=CC(C6CC56)C4C3=O)cc2)c1C. The van der Waals surface area contributed by atoms with Crippen LogP contribution in [0.5, 0.6) is 11.5 Å². The van der Waals surface area contributed by atoms with Crippen LogP contribution in [-0.2, 0) is 9.59 Å². The number of imide groups is 1. The molecule has 2 saturated carbocycles. The molecule has 1 saturated heterocycles. The normalized spacial score (nSPS) is 33.7. The van der Waals surface area contributed by atoms with Crippen LogP contribution in [0.15, 0.2) is 54.6 Å². The number of carbonyl (C=O) groups excluding carboxylic acids is 2. The molecule has 4 aliphatic carbocycles. The molecule has 29 heavy (non-hydrogen) atoms. The van der Waals surface area contributed by atoms with Crippen LogP contribution in [-0.4, -0.2) is 11.8 Å². The summed E-state index contributed by atoms with van der Waals surface area (Å²) in [6.45, 7) is 4.09. The third-order valence-electron chi connectivity index (χ3n) is 7.54. The Morgan fingerprint density at radius 2 is 1.48 bits per heavy atom. The summed E-state index contributed by atoms with van der Waals surface area (Å²) in [6, 6.07) is 13.3. The number of amides is 2. The van der Waals surface area contributed by atoms with Crippen LogP contribution >= 0.6 is 0 Å². The average molecular weight is 385 g/mol. The summed E-state index contributed by atoms with van der Waals surface area (Å²) < 4.78 is 6.02. The quantitative estimate of drug-likeness (QED) is 0.571. The molecular formula is C25H23NO3. The van der Waals surface area contributed by atoms with E-state index < -0.39 is 0 Å². The molecule has 0 N–H and O–H groups in total. The molecule has 6 atom stereocenters. The van der Waals surface area contributed by atoms with E-state index in [0.717, 1.165) is 11.3 Å². The van der Waals surface area contributed by atoms with E-state index in [1.54, 1.807) is 0 Å². The van der Waals surface area contributed by atoms with Crippen LogP contribution in [0.4, 0.5) is 5.69 Å². The van der Waals surface area contributed by atoms with Gasteiger partial charge in [0, 0.05) is 0 Å². The van der Waals surface area contributed by atoms with Crippen LogP contribution in [0.3, 0.4) is 0 Å². The van der Waals surface area contributed by atoms with Crippen molar-refractivity contribution in [3.8, 4) is 11.5 Å². The Hall–Kier alpha value is -2.88. The smallest absolute Gasteiger partial charge is 0.238 e. The van der Waals surface area contributed by atoms with Gasteiger partial charge in [0.25, 0.3) is 0 Å². The molecule has 5 aliphatic rings. The van der Waals surface area contributed by atoms with Gasteiger partial charge in [-0.15, -0.1) is 0 Å². The van der Waals surface area contributed by atoms with E-state index in [4.69, 9.17) is 4.74 Å². The highest BCUT2D eigenvalue weighted by atomic mass is 16.5. The molecule has 7 rings (SSSR count). The van der Waals surface area contributed by atoms with Gasteiger partial charge >= 0.3 is 0 Å². The number of nitrogens with zero attached hydrogens (tertiary/aromatic N) is 1. The van der Waals surface area contributed by atoms with E-state index in [2.05, 4.69) is 25.1 Å². The van der Waals surface area contributed by atoms with Crippen molar-refractivity contribution in [3.63, 3.8) is 0 Å². The van der Waals surface area contributed by atoms with Crippen molar-refractivity contribution in [1.29, 1.82) is 0 Å². The van der Waals surface area contributed by atoms with E-state index in [1.165, 1.54) is 16.9 Å². The second kappa shape index (κ2) is 5.82. The number of carbonyl (C=O) groups is 2. The monoisotopic (exact) mass is 385 g/mol. The van der Waals surface area contributed by atoms with Crippen molar-refractivity contribution >= 4 is 17.5 Å². The summed E-state index contributed by atoms with van der Waals surface area (Å²) in [7, 11) is 0. The first-order valence-electron chi connectivity index (χ1n) is 10.4. The number of hydrogen-bond acceptors (Lipinski definition) is 3. The summed E-state index contributed by atoms with van der Waals surface area (Å²) in [5.41, 5.74) is 2.93. The highest BCUT2D eigenvalue weighted by molar-refractivity contribution is 6.22. The van der Waals surface area contributed by atoms with Crippen molar-refractivity contribution in [2.45, 2.75) is 20.3 Å². The summed E-state index contributed by atoms with van der Waals surface area (Å²) in [5, 5.41) is 0. The van der Waals surface area contributed by atoms with Gasteiger partial charge in [-0.05, 0) is 85.4 Å². The lowest BCUT2D eigenvalue weighted by Gasteiger charge is -2.37. The molecular weight excluding hydrogens is 362 g/mol. The Kier molecular flexibility index (Phi) is 3.41. The van der Waals surface area contributed by atoms with Gasteiger partial charge in [-0.25, -0.2) is 0 Å². The van der Waals surface area contributed by atoms with E-state index in [-0.39, 0.29) is 35.5 Å². The van der Waals surface area contributed by atoms with Crippen molar-refractivity contribution < 1.29 is 14.3 Å². The van der Waals surface area contributed by atoms with E-state index in [1.807, 2.05) is 43.3 Å². The Labute approximate surface area is 170 Å². The number of anilines is 1. The minimum atomic E-state index is -0.160. The van der Waals surface area contributed by atoms with Gasteiger partial charge in [-0.1, -0.05) is 24.3 Å². The lowest BCUT2D eigenvalue weighted by molar-refractivity contribution is -0.124. The third-order valence-corrected chi connectivity index (χ3v) is 7.54. The van der Waals surface area contributed by atoms with Crippen LogP contribution in [0.1, 0.15) is 17.5 Å². The molecule has 0 aromatic heterocycles. The van der Waals surface area contributed by atoms with Crippen molar-refractivity contribution in [3.05, 3.63) is 65.7 Å². The summed E-state index contributed by atoms with van der Waals surface area (Å²) in [5.74, 6) is 2.90. The molecule has 4 heteroatoms. The molecule has 0 spiro atoms. The molecule has 2 bridgehead atoms. The Balaban J connectivity index is 1.27. The molecule has 2 amide bonds. The van der Waals surface area contributed by atoms with Gasteiger partial charge in [0.05, 0.1) is 17.5 Å². The Morgan fingerprint density at radius 1 is 0.862 bits per heavy atom. The molecule has 146 valence electrons. The number of benzene rings is 2. The standard InChI is InChI=1S/C25H23NO3/c1-13-4-3-5-21(14(13)2)29-16-8-6-15(7-9-16)26-24(27)22-17-10-11-18(20-12-19(17)20)23(22)25(26)28/h3-11,17-20,22-23H,12H2,1-2H3. The van der Waals surface area contributed by atoms with E-state index >= 15 is 0 Å². The van der Waals surface area contributed by atoms with Gasteiger partial charge in [-0.3, -0.25) is 14.5 Å². The lowest BCUT2D eigenvalue weighted by Crippen LogP contribution is -2.40. The number of rotatable bonds is 3. The third kappa shape index (κ3) is 2.32. The van der Waals surface area contributed by atoms with Crippen LogP contribution in [0, 0.1) is 49.4 Å². The van der Waals surface area contributed by atoms with Crippen LogP contribution in [0.25, 0.3) is 0 Å². The molecule has 1 heterocycles. The molecule has 2 aromatic carbocycles. The molecule has 1 aliphatic heterocycles. The van der Waals surface area contributed by atoms with Crippen molar-refractivity contribution in [1.82, 2.24) is 0 Å². The summed E-state index contributed by atoms with van der Waals surface area (Å²) in [6.07, 6.45) is 5.59. The predicted molar refractivity (Wildman–Crippen MR) is 110 cm³/mol. The molecule has 3 fully saturated rings. The summed E-state index contributed by atoms with van der Waals surface area (Å²) in [4.78, 5) is 27.8. The van der Waals surface area contributed by atoms with E-state index in [0.29, 0.717) is 23.3 Å². The first-order chi connectivity index (χ1) is 14.0. The second-order valence-corrected chi connectivity index (χ2v) is 8.96. The van der Waals surface area contributed by atoms with Crippen LogP contribution < -0.4 is 9.64 Å². The largest absolute Gasteiger partial charge is 0.457 e. The number of hydrogen-bond donors (Lipinski definition) is 0. The highest BCUT2D eigenvalue weighted by Crippen LogP contribution is 2.65. The average Bonchev–Trinajstić information content (AvgIpc) is 3.50. The van der Waals surface area contributed by atoms with Gasteiger partial charge in [-0.2, -0.15) is 0 Å². The zero-order chi connectivity index (χ0) is 19.9. The zero-order valence-corrected chi connectivity index (χ0v) is 16.5. The maximum Gasteiger partial charge on any atom is 0.238 e. The molecule has 4 nitrogen and oxygen atoms in total. The Morgan fingerprint density at radius 3 is 2.10 bits per heavy atom. The maximum atomic E-state index is 13.2. The number of aryl methyl sites for hydroxylation is 1. The number of allylic oxidation sites excluding steroid dienone is 2. The van der Waals surface area contributed by atoms with E-state index in [9.17, 15) is 9.59 Å². The first kappa shape index (κ1) is 17.0. The highest BCUT2D eigenvalue weighted by Gasteiger charge is 2.67. The van der Waals surface area contributed by atoms with Crippen LogP contribution in [0.2, 0.25) is 0 Å². The predicted octanol–water partition coefficient (Wildman–Crippen LogP) is 4.65. The van der Waals surface area contributed by atoms with Gasteiger partial charge in [0.15, 0.2) is 0 Å². The fraction of sp³-hybridized carbons (Fsp3) is 0.360. The fourth-order valence-corrected chi connectivity index (χ4v) is 5.84. The lowest BCUT2D eigenvalue weighted by atomic mass is 9.63. The van der Waals surface area contributed by atoms with Gasteiger partial charge < -0.3 is 4.74 Å².